The Morgan fingerprint density at radius 1 is 1.22 bits per heavy atom. The van der Waals surface area contributed by atoms with Crippen molar-refractivity contribution in [3.05, 3.63) is 41.1 Å². The van der Waals surface area contributed by atoms with Gasteiger partial charge in [0.25, 0.3) is 0 Å². The molecule has 0 fully saturated rings. The van der Waals surface area contributed by atoms with Gasteiger partial charge >= 0.3 is 0 Å². The zero-order chi connectivity index (χ0) is 12.5. The summed E-state index contributed by atoms with van der Waals surface area (Å²) in [5.41, 5.74) is 7.73. The lowest BCUT2D eigenvalue weighted by Gasteiger charge is -2.05. The number of nitrogen functional groups attached to an aromatic ring is 1. The van der Waals surface area contributed by atoms with Crippen molar-refractivity contribution >= 4 is 44.3 Å². The second kappa shape index (κ2) is 4.62. The maximum absolute atomic E-state index is 6.02. The van der Waals surface area contributed by atoms with Crippen molar-refractivity contribution in [3.8, 4) is 0 Å². The molecular weight excluding hydrogens is 312 g/mol. The van der Waals surface area contributed by atoms with Crippen LogP contribution >= 0.6 is 27.7 Å². The second-order valence-corrected chi connectivity index (χ2v) is 5.74. The minimum atomic E-state index is 0.735. The van der Waals surface area contributed by atoms with Crippen molar-refractivity contribution in [2.45, 2.75) is 9.92 Å². The number of aromatic amines is 1. The fraction of sp³-hybridized carbons (Fsp3) is 0. The molecule has 0 unspecified atom stereocenters. The van der Waals surface area contributed by atoms with Gasteiger partial charge in [0.05, 0.1) is 11.7 Å². The number of hydrogen-bond donors (Lipinski definition) is 2. The second-order valence-electron chi connectivity index (χ2n) is 3.76. The van der Waals surface area contributed by atoms with Gasteiger partial charge in [-0.15, -0.1) is 0 Å². The number of H-pyrrole nitrogens is 1. The normalized spacial score (nSPS) is 10.9. The van der Waals surface area contributed by atoms with E-state index >= 15 is 0 Å². The van der Waals surface area contributed by atoms with Crippen LogP contribution in [0.2, 0.25) is 0 Å². The summed E-state index contributed by atoms with van der Waals surface area (Å²) in [6, 6.07) is 7.82. The van der Waals surface area contributed by atoms with E-state index in [2.05, 4.69) is 31.1 Å². The highest BCUT2D eigenvalue weighted by atomic mass is 79.9. The minimum Gasteiger partial charge on any atom is -0.398 e. The quantitative estimate of drug-likeness (QED) is 0.709. The van der Waals surface area contributed by atoms with Crippen LogP contribution in [0, 0.1) is 0 Å². The molecule has 3 rings (SSSR count). The first kappa shape index (κ1) is 11.6. The van der Waals surface area contributed by atoms with E-state index in [-0.39, 0.29) is 0 Å². The third-order valence-electron chi connectivity index (χ3n) is 2.49. The van der Waals surface area contributed by atoms with Gasteiger partial charge in [-0.25, -0.2) is 4.98 Å². The lowest BCUT2D eigenvalue weighted by molar-refractivity contribution is 1.11. The highest BCUT2D eigenvalue weighted by Crippen LogP contribution is 2.33. The smallest absolute Gasteiger partial charge is 0.101 e. The van der Waals surface area contributed by atoms with Crippen LogP contribution < -0.4 is 5.73 Å². The third kappa shape index (κ3) is 2.21. The van der Waals surface area contributed by atoms with Crippen LogP contribution in [0.5, 0.6) is 0 Å². The van der Waals surface area contributed by atoms with Crippen molar-refractivity contribution in [2.75, 3.05) is 5.73 Å². The molecule has 0 aliphatic rings. The van der Waals surface area contributed by atoms with Crippen LogP contribution in [-0.2, 0) is 0 Å². The number of halogens is 1. The Hall–Kier alpha value is -1.53. The van der Waals surface area contributed by atoms with Gasteiger partial charge in [0.15, 0.2) is 0 Å². The molecule has 0 atom stereocenters. The van der Waals surface area contributed by atoms with Crippen LogP contribution in [0.4, 0.5) is 5.69 Å². The number of rotatable bonds is 2. The van der Waals surface area contributed by atoms with Gasteiger partial charge in [-0.05, 0) is 40.2 Å². The number of fused-ring (bicyclic) bond motifs is 1. The summed E-state index contributed by atoms with van der Waals surface area (Å²) < 4.78 is 0.962. The van der Waals surface area contributed by atoms with Crippen LogP contribution in [0.15, 0.2) is 51.1 Å². The first-order valence-corrected chi connectivity index (χ1v) is 6.85. The van der Waals surface area contributed by atoms with Crippen LogP contribution in [0.1, 0.15) is 0 Å². The Balaban J connectivity index is 1.98. The number of benzene rings is 1. The lowest BCUT2D eigenvalue weighted by atomic mass is 10.2. The van der Waals surface area contributed by atoms with Gasteiger partial charge < -0.3 is 5.73 Å². The molecule has 3 aromatic rings. The molecule has 4 nitrogen and oxygen atoms in total. The molecular formula is C12H9BrN4S. The largest absolute Gasteiger partial charge is 0.398 e. The zero-order valence-electron chi connectivity index (χ0n) is 9.22. The maximum atomic E-state index is 6.02. The molecule has 0 amide bonds. The fourth-order valence-corrected chi connectivity index (χ4v) is 2.67. The predicted octanol–water partition coefficient (Wildman–Crippen LogP) is 3.45. The molecule has 1 aromatic carbocycles. The van der Waals surface area contributed by atoms with E-state index < -0.39 is 0 Å². The molecule has 2 aromatic heterocycles. The van der Waals surface area contributed by atoms with E-state index in [9.17, 15) is 0 Å². The van der Waals surface area contributed by atoms with Gasteiger partial charge in [-0.1, -0.05) is 11.8 Å². The highest BCUT2D eigenvalue weighted by Gasteiger charge is 2.06. The number of nitrogens with zero attached hydrogens (tertiary/aromatic N) is 2. The van der Waals surface area contributed by atoms with Crippen LogP contribution in [0.25, 0.3) is 10.9 Å². The molecule has 90 valence electrons. The summed E-state index contributed by atoms with van der Waals surface area (Å²) in [6.45, 7) is 0. The number of anilines is 1. The van der Waals surface area contributed by atoms with E-state index in [1.54, 1.807) is 12.4 Å². The van der Waals surface area contributed by atoms with E-state index in [0.717, 1.165) is 31.0 Å². The van der Waals surface area contributed by atoms with Crippen molar-refractivity contribution in [1.82, 2.24) is 15.2 Å². The van der Waals surface area contributed by atoms with Gasteiger partial charge in [-0.3, -0.25) is 5.10 Å². The molecule has 6 heteroatoms. The van der Waals surface area contributed by atoms with Crippen LogP contribution in [0.3, 0.4) is 0 Å². The van der Waals surface area contributed by atoms with E-state index in [1.165, 1.54) is 11.8 Å². The SMILES string of the molecule is Nc1cc2cn[nH]c2cc1Sc1ccc(Br)cn1. The lowest BCUT2D eigenvalue weighted by Crippen LogP contribution is -1.89. The average molecular weight is 321 g/mol. The number of nitrogens with one attached hydrogen (secondary N) is 1. The molecule has 3 N–H and O–H groups in total. The van der Waals surface area contributed by atoms with Crippen LogP contribution in [-0.4, -0.2) is 15.2 Å². The van der Waals surface area contributed by atoms with Gasteiger partial charge in [0.2, 0.25) is 0 Å². The summed E-state index contributed by atoms with van der Waals surface area (Å²) in [5, 5.41) is 8.85. The van der Waals surface area contributed by atoms with Crippen molar-refractivity contribution in [2.24, 2.45) is 0 Å². The third-order valence-corrected chi connectivity index (χ3v) is 3.98. The Bertz CT molecular complexity index is 693. The fourth-order valence-electron chi connectivity index (χ4n) is 1.61. The van der Waals surface area contributed by atoms with Crippen molar-refractivity contribution in [3.63, 3.8) is 0 Å². The molecule has 0 saturated carbocycles. The number of hydrogen-bond acceptors (Lipinski definition) is 4. The molecule has 0 aliphatic carbocycles. The zero-order valence-corrected chi connectivity index (χ0v) is 11.6. The van der Waals surface area contributed by atoms with Gasteiger partial charge in [0.1, 0.15) is 5.03 Å². The van der Waals surface area contributed by atoms with Crippen molar-refractivity contribution in [1.29, 1.82) is 0 Å². The Labute approximate surface area is 116 Å². The Morgan fingerprint density at radius 3 is 2.89 bits per heavy atom. The first-order chi connectivity index (χ1) is 8.72. The standard InChI is InChI=1S/C12H9BrN4S/c13-8-1-2-12(15-6-8)18-11-4-10-7(3-9(11)14)5-16-17-10/h1-6H,14H2,(H,16,17). The van der Waals surface area contributed by atoms with E-state index in [1.807, 2.05) is 24.3 Å². The molecule has 2 heterocycles. The summed E-state index contributed by atoms with van der Waals surface area (Å²) in [7, 11) is 0. The molecule has 18 heavy (non-hydrogen) atoms. The van der Waals surface area contributed by atoms with Crippen molar-refractivity contribution < 1.29 is 0 Å². The highest BCUT2D eigenvalue weighted by molar-refractivity contribution is 9.10. The van der Waals surface area contributed by atoms with Gasteiger partial charge in [-0.2, -0.15) is 5.10 Å². The van der Waals surface area contributed by atoms with E-state index in [4.69, 9.17) is 5.73 Å². The molecule has 0 radical (unpaired) electrons. The topological polar surface area (TPSA) is 67.6 Å². The molecule has 0 saturated heterocycles. The maximum Gasteiger partial charge on any atom is 0.101 e. The predicted molar refractivity (Wildman–Crippen MR) is 76.6 cm³/mol. The van der Waals surface area contributed by atoms with E-state index in [0.29, 0.717) is 0 Å². The monoisotopic (exact) mass is 320 g/mol. The number of pyridine rings is 1. The summed E-state index contributed by atoms with van der Waals surface area (Å²) in [4.78, 5) is 5.29. The summed E-state index contributed by atoms with van der Waals surface area (Å²) in [5.74, 6) is 0. The number of nitrogens with two attached hydrogens (primary N) is 1. The van der Waals surface area contributed by atoms with Gasteiger partial charge in [0, 0.05) is 26.6 Å². The number of aromatic nitrogens is 3. The summed E-state index contributed by atoms with van der Waals surface area (Å²) in [6.07, 6.45) is 3.53. The molecule has 0 aliphatic heterocycles. The Morgan fingerprint density at radius 2 is 2.11 bits per heavy atom. The molecule has 0 spiro atoms. The summed E-state index contributed by atoms with van der Waals surface area (Å²) >= 11 is 4.90. The first-order valence-electron chi connectivity index (χ1n) is 5.24. The average Bonchev–Trinajstić information content (AvgIpc) is 2.79. The Kier molecular flexibility index (Phi) is 2.97. The minimum absolute atomic E-state index is 0.735. The molecule has 0 bridgehead atoms.